The van der Waals surface area contributed by atoms with Crippen molar-refractivity contribution >= 4 is 22.6 Å². The van der Waals surface area contributed by atoms with E-state index in [1.165, 1.54) is 5.56 Å². The Morgan fingerprint density at radius 3 is 2.50 bits per heavy atom. The van der Waals surface area contributed by atoms with Gasteiger partial charge in [0.05, 0.1) is 11.0 Å². The Hall–Kier alpha value is -3.02. The van der Waals surface area contributed by atoms with Crippen molar-refractivity contribution in [1.29, 1.82) is 0 Å². The molecule has 1 aliphatic rings. The van der Waals surface area contributed by atoms with E-state index in [-0.39, 0.29) is 18.4 Å². The van der Waals surface area contributed by atoms with Crippen LogP contribution >= 0.6 is 0 Å². The monoisotopic (exact) mass is 379 g/mol. The second-order valence-corrected chi connectivity index (χ2v) is 7.54. The number of imidazole rings is 1. The van der Waals surface area contributed by atoms with Crippen LogP contribution in [0.15, 0.2) is 30.3 Å². The number of benzene rings is 2. The van der Waals surface area contributed by atoms with Crippen LogP contribution in [-0.4, -0.2) is 28.7 Å². The first kappa shape index (κ1) is 18.3. The van der Waals surface area contributed by atoms with Crippen LogP contribution in [0.5, 0.6) is 11.5 Å². The molecule has 146 valence electrons. The van der Waals surface area contributed by atoms with E-state index in [9.17, 15) is 4.79 Å². The number of nitrogens with zero attached hydrogens (tertiary/aromatic N) is 2. The maximum atomic E-state index is 12.8. The zero-order chi connectivity index (χ0) is 19.8. The minimum Gasteiger partial charge on any atom is -0.486 e. The first-order valence-electron chi connectivity index (χ1n) is 9.59. The Labute approximate surface area is 164 Å². The fourth-order valence-electron chi connectivity index (χ4n) is 3.45. The first-order chi connectivity index (χ1) is 13.4. The Kier molecular flexibility index (Phi) is 4.71. The summed E-state index contributed by atoms with van der Waals surface area (Å²) in [5, 5.41) is 3.00. The van der Waals surface area contributed by atoms with Crippen LogP contribution in [0.25, 0.3) is 11.0 Å². The number of fused-ring (bicyclic) bond motifs is 2. The predicted octanol–water partition coefficient (Wildman–Crippen LogP) is 4.19. The summed E-state index contributed by atoms with van der Waals surface area (Å²) in [4.78, 5) is 17.5. The van der Waals surface area contributed by atoms with Crippen molar-refractivity contribution in [3.63, 3.8) is 0 Å². The zero-order valence-electron chi connectivity index (χ0n) is 16.7. The number of aryl methyl sites for hydroxylation is 2. The van der Waals surface area contributed by atoms with Crippen LogP contribution in [-0.2, 0) is 11.3 Å². The lowest BCUT2D eigenvalue weighted by Gasteiger charge is -2.18. The van der Waals surface area contributed by atoms with Crippen molar-refractivity contribution in [1.82, 2.24) is 9.55 Å². The second-order valence-electron chi connectivity index (χ2n) is 7.54. The molecule has 28 heavy (non-hydrogen) atoms. The average Bonchev–Trinajstić information content (AvgIpc) is 3.00. The third-order valence-corrected chi connectivity index (χ3v) is 5.05. The van der Waals surface area contributed by atoms with Crippen LogP contribution in [0.2, 0.25) is 0 Å². The molecule has 6 nitrogen and oxygen atoms in total. The lowest BCUT2D eigenvalue weighted by molar-refractivity contribution is -0.116. The molecule has 0 atom stereocenters. The van der Waals surface area contributed by atoms with Gasteiger partial charge in [-0.3, -0.25) is 4.79 Å². The number of nitrogens with one attached hydrogen (secondary N) is 1. The van der Waals surface area contributed by atoms with Gasteiger partial charge in [0.15, 0.2) is 11.5 Å². The normalized spacial score (nSPS) is 13.2. The number of hydrogen-bond acceptors (Lipinski definition) is 4. The predicted molar refractivity (Wildman–Crippen MR) is 109 cm³/mol. The Morgan fingerprint density at radius 1 is 1.11 bits per heavy atom. The van der Waals surface area contributed by atoms with Gasteiger partial charge in [0.25, 0.3) is 0 Å². The van der Waals surface area contributed by atoms with E-state index in [1.54, 1.807) is 0 Å². The van der Waals surface area contributed by atoms with Gasteiger partial charge in [-0.05, 0) is 37.1 Å². The van der Waals surface area contributed by atoms with E-state index < -0.39 is 0 Å². The molecule has 0 aliphatic carbocycles. The lowest BCUT2D eigenvalue weighted by Crippen LogP contribution is -2.21. The van der Waals surface area contributed by atoms with Crippen molar-refractivity contribution in [2.24, 2.45) is 0 Å². The summed E-state index contributed by atoms with van der Waals surface area (Å²) in [6.07, 6.45) is 0. The third kappa shape index (κ3) is 3.42. The molecule has 0 saturated heterocycles. The zero-order valence-corrected chi connectivity index (χ0v) is 16.7. The highest BCUT2D eigenvalue weighted by Crippen LogP contribution is 2.35. The van der Waals surface area contributed by atoms with Crippen LogP contribution in [0, 0.1) is 13.8 Å². The van der Waals surface area contributed by atoms with E-state index in [2.05, 4.69) is 26.1 Å². The van der Waals surface area contributed by atoms with Gasteiger partial charge in [-0.2, -0.15) is 0 Å². The van der Waals surface area contributed by atoms with Crippen molar-refractivity contribution in [3.8, 4) is 11.5 Å². The molecule has 1 aliphatic heterocycles. The number of carbonyl (C=O) groups excluding carboxylic acids is 1. The minimum absolute atomic E-state index is 0.0839. The maximum Gasteiger partial charge on any atom is 0.244 e. The number of rotatable bonds is 4. The molecule has 1 N–H and O–H groups in total. The molecule has 1 aromatic heterocycles. The molecule has 2 heterocycles. The van der Waals surface area contributed by atoms with Gasteiger partial charge in [0.2, 0.25) is 5.91 Å². The fraction of sp³-hybridized carbons (Fsp3) is 0.364. The highest BCUT2D eigenvalue weighted by molar-refractivity contribution is 5.92. The summed E-state index contributed by atoms with van der Waals surface area (Å²) < 4.78 is 13.4. The van der Waals surface area contributed by atoms with Crippen LogP contribution in [0.3, 0.4) is 0 Å². The molecule has 4 rings (SSSR count). The van der Waals surface area contributed by atoms with Gasteiger partial charge in [-0.1, -0.05) is 19.9 Å². The molecule has 0 unspecified atom stereocenters. The summed E-state index contributed by atoms with van der Waals surface area (Å²) in [5.41, 5.74) is 4.85. The van der Waals surface area contributed by atoms with Gasteiger partial charge in [-0.15, -0.1) is 0 Å². The highest BCUT2D eigenvalue weighted by Gasteiger charge is 2.20. The van der Waals surface area contributed by atoms with E-state index >= 15 is 0 Å². The molecule has 0 saturated carbocycles. The van der Waals surface area contributed by atoms with Crippen molar-refractivity contribution in [2.45, 2.75) is 40.2 Å². The topological polar surface area (TPSA) is 65.4 Å². The quantitative estimate of drug-likeness (QED) is 0.738. The molecule has 0 fully saturated rings. The number of carbonyl (C=O) groups is 1. The smallest absolute Gasteiger partial charge is 0.244 e. The largest absolute Gasteiger partial charge is 0.486 e. The number of aromatic nitrogens is 2. The molecule has 1 amide bonds. The Bertz CT molecular complexity index is 1050. The lowest BCUT2D eigenvalue weighted by atomic mass is 10.1. The van der Waals surface area contributed by atoms with Gasteiger partial charge in [0.1, 0.15) is 25.6 Å². The summed E-state index contributed by atoms with van der Waals surface area (Å²) in [6, 6.07) is 9.75. The van der Waals surface area contributed by atoms with E-state index in [0.29, 0.717) is 24.7 Å². The SMILES string of the molecule is Cc1ccc(NC(=O)Cn2c(C(C)C)nc3cc4c(cc32)OCCO4)cc1C. The van der Waals surface area contributed by atoms with Gasteiger partial charge < -0.3 is 19.4 Å². The summed E-state index contributed by atoms with van der Waals surface area (Å²) >= 11 is 0. The minimum atomic E-state index is -0.0839. The Morgan fingerprint density at radius 2 is 1.82 bits per heavy atom. The maximum absolute atomic E-state index is 12.8. The third-order valence-electron chi connectivity index (χ3n) is 5.05. The van der Waals surface area contributed by atoms with E-state index in [1.807, 2.05) is 41.8 Å². The second kappa shape index (κ2) is 7.19. The van der Waals surface area contributed by atoms with Crippen LogP contribution < -0.4 is 14.8 Å². The fourth-order valence-corrected chi connectivity index (χ4v) is 3.45. The number of anilines is 1. The van der Waals surface area contributed by atoms with Crippen LogP contribution in [0.4, 0.5) is 5.69 Å². The van der Waals surface area contributed by atoms with Gasteiger partial charge >= 0.3 is 0 Å². The average molecular weight is 379 g/mol. The van der Waals surface area contributed by atoms with Crippen molar-refractivity contribution < 1.29 is 14.3 Å². The summed E-state index contributed by atoms with van der Waals surface area (Å²) in [5.74, 6) is 2.37. The Balaban J connectivity index is 1.67. The molecule has 3 aromatic rings. The van der Waals surface area contributed by atoms with E-state index in [4.69, 9.17) is 14.5 Å². The standard InChI is InChI=1S/C22H25N3O3/c1-13(2)22-24-17-10-19-20(28-8-7-27-19)11-18(17)25(22)12-21(26)23-16-6-5-14(3)15(4)9-16/h5-6,9-11,13H,7-8,12H2,1-4H3,(H,23,26). The van der Waals surface area contributed by atoms with Gasteiger partial charge in [-0.25, -0.2) is 4.98 Å². The molecular formula is C22H25N3O3. The molecule has 0 bridgehead atoms. The van der Waals surface area contributed by atoms with Crippen molar-refractivity contribution in [3.05, 3.63) is 47.3 Å². The molecular weight excluding hydrogens is 354 g/mol. The van der Waals surface area contributed by atoms with Crippen LogP contribution in [0.1, 0.15) is 36.7 Å². The molecule has 2 aromatic carbocycles. The summed E-state index contributed by atoms with van der Waals surface area (Å²) in [7, 11) is 0. The van der Waals surface area contributed by atoms with Crippen molar-refractivity contribution in [2.75, 3.05) is 18.5 Å². The number of amides is 1. The highest BCUT2D eigenvalue weighted by atomic mass is 16.6. The molecule has 0 radical (unpaired) electrons. The first-order valence-corrected chi connectivity index (χ1v) is 9.59. The number of hydrogen-bond donors (Lipinski definition) is 1. The van der Waals surface area contributed by atoms with Gasteiger partial charge in [0, 0.05) is 23.7 Å². The number of ether oxygens (including phenoxy) is 2. The molecule has 6 heteroatoms. The van der Waals surface area contributed by atoms with E-state index in [0.717, 1.165) is 28.1 Å². The molecule has 0 spiro atoms. The summed E-state index contributed by atoms with van der Waals surface area (Å²) in [6.45, 7) is 9.50.